The Balaban J connectivity index is 1.88. The second-order valence-electron chi connectivity index (χ2n) is 6.38. The van der Waals surface area contributed by atoms with Gasteiger partial charge in [-0.3, -0.25) is 0 Å². The van der Waals surface area contributed by atoms with Gasteiger partial charge in [0, 0.05) is 0 Å². The molecule has 0 saturated heterocycles. The van der Waals surface area contributed by atoms with E-state index >= 15 is 0 Å². The summed E-state index contributed by atoms with van der Waals surface area (Å²) in [6.45, 7) is 5.53. The topological polar surface area (TPSA) is 99.0 Å². The number of rotatable bonds is 5. The van der Waals surface area contributed by atoms with Crippen molar-refractivity contribution in [1.82, 2.24) is 9.97 Å². The van der Waals surface area contributed by atoms with Gasteiger partial charge in [0.05, 0.1) is 16.6 Å². The molecule has 1 atom stereocenters. The van der Waals surface area contributed by atoms with E-state index < -0.39 is 12.1 Å². The summed E-state index contributed by atoms with van der Waals surface area (Å²) in [7, 11) is 0. The number of allylic oxidation sites excluding steroid dienone is 1. The number of carboxylic acid groups (broad SMARTS) is 1. The number of carboxylic acids is 1. The molecular weight excluding hydrogens is 342 g/mol. The van der Waals surface area contributed by atoms with Gasteiger partial charge in [-0.2, -0.15) is 5.26 Å². The van der Waals surface area contributed by atoms with E-state index in [2.05, 4.69) is 16.0 Å². The van der Waals surface area contributed by atoms with Gasteiger partial charge in [-0.05, 0) is 67.8 Å². The highest BCUT2D eigenvalue weighted by Crippen LogP contribution is 2.23. The monoisotopic (exact) mass is 361 g/mol. The van der Waals surface area contributed by atoms with E-state index in [-0.39, 0.29) is 0 Å². The third-order valence-corrected chi connectivity index (χ3v) is 4.32. The Bertz CT molecular complexity index is 1030. The van der Waals surface area contributed by atoms with Gasteiger partial charge in [-0.25, -0.2) is 9.78 Å². The van der Waals surface area contributed by atoms with Gasteiger partial charge in [0.2, 0.25) is 0 Å². The maximum absolute atomic E-state index is 10.8. The third-order valence-electron chi connectivity index (χ3n) is 4.32. The van der Waals surface area contributed by atoms with Gasteiger partial charge in [-0.1, -0.05) is 12.1 Å². The number of hydrogen-bond donors (Lipinski definition) is 2. The first-order valence-electron chi connectivity index (χ1n) is 8.46. The molecule has 0 bridgehead atoms. The van der Waals surface area contributed by atoms with Crippen LogP contribution >= 0.6 is 0 Å². The number of aliphatic carboxylic acids is 1. The zero-order valence-electron chi connectivity index (χ0n) is 15.3. The van der Waals surface area contributed by atoms with Crippen molar-refractivity contribution < 1.29 is 14.6 Å². The number of H-pyrrole nitrogens is 1. The first kappa shape index (κ1) is 18.2. The summed E-state index contributed by atoms with van der Waals surface area (Å²) in [5, 5.41) is 18.4. The molecule has 0 aliphatic carbocycles. The van der Waals surface area contributed by atoms with Crippen molar-refractivity contribution in [2.24, 2.45) is 0 Å². The fourth-order valence-corrected chi connectivity index (χ4v) is 2.61. The van der Waals surface area contributed by atoms with Crippen molar-refractivity contribution in [3.63, 3.8) is 0 Å². The van der Waals surface area contributed by atoms with E-state index in [9.17, 15) is 10.1 Å². The molecule has 0 fully saturated rings. The van der Waals surface area contributed by atoms with Gasteiger partial charge >= 0.3 is 5.97 Å². The molecule has 1 aromatic heterocycles. The standard InChI is InChI=1S/C21H19N3O3/c1-12-8-18-19(9-13(12)2)24-20(23-18)16(11-22)10-15-4-6-17(7-5-15)27-14(3)21(25)26/h4-10,14H,1-3H3,(H,23,24)(H,25,26)/b16-10-/t14-/m1/s1. The van der Waals surface area contributed by atoms with Crippen LogP contribution in [0.3, 0.4) is 0 Å². The highest BCUT2D eigenvalue weighted by Gasteiger charge is 2.12. The van der Waals surface area contributed by atoms with E-state index in [4.69, 9.17) is 9.84 Å². The summed E-state index contributed by atoms with van der Waals surface area (Å²) in [6.07, 6.45) is 0.797. The fourth-order valence-electron chi connectivity index (χ4n) is 2.61. The van der Waals surface area contributed by atoms with Crippen molar-refractivity contribution in [3.05, 3.63) is 58.9 Å². The number of carbonyl (C=O) groups is 1. The number of nitrogens with one attached hydrogen (secondary N) is 1. The average molecular weight is 361 g/mol. The largest absolute Gasteiger partial charge is 0.479 e. The van der Waals surface area contributed by atoms with Gasteiger partial charge < -0.3 is 14.8 Å². The van der Waals surface area contributed by atoms with E-state index in [0.717, 1.165) is 27.7 Å². The first-order valence-corrected chi connectivity index (χ1v) is 8.46. The minimum absolute atomic E-state index is 0.411. The summed E-state index contributed by atoms with van der Waals surface area (Å²) >= 11 is 0. The Morgan fingerprint density at radius 3 is 2.56 bits per heavy atom. The number of benzene rings is 2. The van der Waals surface area contributed by atoms with Crippen molar-refractivity contribution >= 4 is 28.7 Å². The van der Waals surface area contributed by atoms with Crippen LogP contribution in [0.4, 0.5) is 0 Å². The van der Waals surface area contributed by atoms with Crippen LogP contribution in [0.5, 0.6) is 5.75 Å². The molecule has 6 heteroatoms. The Morgan fingerprint density at radius 1 is 1.26 bits per heavy atom. The lowest BCUT2D eigenvalue weighted by Crippen LogP contribution is -2.22. The van der Waals surface area contributed by atoms with Crippen LogP contribution in [-0.2, 0) is 4.79 Å². The maximum Gasteiger partial charge on any atom is 0.344 e. The Hall–Kier alpha value is -3.59. The predicted molar refractivity (Wildman–Crippen MR) is 103 cm³/mol. The number of imidazole rings is 1. The number of aromatic amines is 1. The lowest BCUT2D eigenvalue weighted by atomic mass is 10.1. The summed E-state index contributed by atoms with van der Waals surface area (Å²) in [5.41, 5.74) is 5.21. The summed E-state index contributed by atoms with van der Waals surface area (Å²) < 4.78 is 5.31. The van der Waals surface area contributed by atoms with Crippen LogP contribution in [0.15, 0.2) is 36.4 Å². The lowest BCUT2D eigenvalue weighted by Gasteiger charge is -2.10. The molecule has 3 rings (SSSR count). The van der Waals surface area contributed by atoms with E-state index in [0.29, 0.717) is 17.1 Å². The number of hydrogen-bond acceptors (Lipinski definition) is 4. The molecular formula is C21H19N3O3. The average Bonchev–Trinajstić information content (AvgIpc) is 3.03. The van der Waals surface area contributed by atoms with Crippen molar-refractivity contribution in [3.8, 4) is 11.8 Å². The number of aromatic nitrogens is 2. The second-order valence-corrected chi connectivity index (χ2v) is 6.38. The minimum Gasteiger partial charge on any atom is -0.479 e. The Morgan fingerprint density at radius 2 is 1.93 bits per heavy atom. The number of nitrogens with zero attached hydrogens (tertiary/aromatic N) is 2. The van der Waals surface area contributed by atoms with Gasteiger partial charge in [0.1, 0.15) is 17.6 Å². The highest BCUT2D eigenvalue weighted by atomic mass is 16.5. The number of nitriles is 1. The van der Waals surface area contributed by atoms with Gasteiger partial charge in [0.15, 0.2) is 6.10 Å². The van der Waals surface area contributed by atoms with Crippen molar-refractivity contribution in [2.75, 3.05) is 0 Å². The molecule has 3 aromatic rings. The quantitative estimate of drug-likeness (QED) is 0.667. The number of fused-ring (bicyclic) bond motifs is 1. The molecule has 0 amide bonds. The molecule has 2 aromatic carbocycles. The SMILES string of the molecule is Cc1cc2nc(/C(C#N)=C\c3ccc(O[C@H](C)C(=O)O)cc3)[nH]c2cc1C. The zero-order chi connectivity index (χ0) is 19.6. The maximum atomic E-state index is 10.8. The summed E-state index contributed by atoms with van der Waals surface area (Å²) in [6, 6.07) is 13.1. The normalized spacial score (nSPS) is 12.6. The zero-order valence-corrected chi connectivity index (χ0v) is 15.3. The van der Waals surface area contributed by atoms with Crippen molar-refractivity contribution in [1.29, 1.82) is 5.26 Å². The van der Waals surface area contributed by atoms with Crippen molar-refractivity contribution in [2.45, 2.75) is 26.9 Å². The highest BCUT2D eigenvalue weighted by molar-refractivity contribution is 5.90. The van der Waals surface area contributed by atoms with Crippen LogP contribution < -0.4 is 4.74 Å². The molecule has 0 unspecified atom stereocenters. The van der Waals surface area contributed by atoms with Gasteiger partial charge in [-0.15, -0.1) is 0 Å². The molecule has 1 heterocycles. The summed E-state index contributed by atoms with van der Waals surface area (Å²) in [4.78, 5) is 18.6. The molecule has 27 heavy (non-hydrogen) atoms. The van der Waals surface area contributed by atoms with Crippen LogP contribution in [0.2, 0.25) is 0 Å². The predicted octanol–water partition coefficient (Wildman–Crippen LogP) is 4.10. The second kappa shape index (κ2) is 7.34. The van der Waals surface area contributed by atoms with Crippen LogP contribution in [0.1, 0.15) is 29.4 Å². The molecule has 2 N–H and O–H groups in total. The Labute approximate surface area is 156 Å². The van der Waals surface area contributed by atoms with Crippen LogP contribution in [-0.4, -0.2) is 27.1 Å². The van der Waals surface area contributed by atoms with E-state index in [1.54, 1.807) is 30.3 Å². The van der Waals surface area contributed by atoms with E-state index in [1.807, 2.05) is 26.0 Å². The van der Waals surface area contributed by atoms with E-state index in [1.165, 1.54) is 6.92 Å². The molecule has 0 spiro atoms. The van der Waals surface area contributed by atoms with Crippen LogP contribution in [0.25, 0.3) is 22.7 Å². The molecule has 0 saturated carbocycles. The molecule has 136 valence electrons. The minimum atomic E-state index is -1.03. The fraction of sp³-hybridized carbons (Fsp3) is 0.190. The molecule has 0 aliphatic rings. The summed E-state index contributed by atoms with van der Waals surface area (Å²) in [5.74, 6) is -0.0614. The van der Waals surface area contributed by atoms with Gasteiger partial charge in [0.25, 0.3) is 0 Å². The smallest absolute Gasteiger partial charge is 0.344 e. The Kier molecular flexibility index (Phi) is 4.95. The lowest BCUT2D eigenvalue weighted by molar-refractivity contribution is -0.144. The molecule has 6 nitrogen and oxygen atoms in total. The molecule has 0 radical (unpaired) electrons. The number of ether oxygens (including phenoxy) is 1. The van der Waals surface area contributed by atoms with Crippen LogP contribution in [0, 0.1) is 25.2 Å². The third kappa shape index (κ3) is 3.98. The molecule has 0 aliphatic heterocycles. The number of aryl methyl sites for hydroxylation is 2. The first-order chi connectivity index (χ1) is 12.9.